The summed E-state index contributed by atoms with van der Waals surface area (Å²) in [6, 6.07) is 3.55. The zero-order valence-corrected chi connectivity index (χ0v) is 10.6. The number of carboxylic acids is 1. The number of nitrogens with one attached hydrogen (secondary N) is 1. The molecule has 1 rings (SSSR count). The van der Waals surface area contributed by atoms with Crippen molar-refractivity contribution in [2.24, 2.45) is 0 Å². The van der Waals surface area contributed by atoms with Gasteiger partial charge in [-0.3, -0.25) is 4.55 Å². The largest absolute Gasteiger partial charge is 0.480 e. The zero-order valence-electron chi connectivity index (χ0n) is 9.79. The maximum absolute atomic E-state index is 10.8. The van der Waals surface area contributed by atoms with E-state index in [0.29, 0.717) is 5.56 Å². The van der Waals surface area contributed by atoms with Gasteiger partial charge in [-0.1, -0.05) is 12.1 Å². The second-order valence-corrected chi connectivity index (χ2v) is 4.66. The van der Waals surface area contributed by atoms with Crippen molar-refractivity contribution in [1.29, 1.82) is 0 Å². The third kappa shape index (κ3) is 5.49. The lowest BCUT2D eigenvalue weighted by atomic mass is 10.1. The van der Waals surface area contributed by atoms with Gasteiger partial charge < -0.3 is 9.29 Å². The first-order chi connectivity index (χ1) is 9.17. The summed E-state index contributed by atoms with van der Waals surface area (Å²) in [7, 11) is -4.64. The second-order valence-electron chi connectivity index (χ2n) is 3.64. The van der Waals surface area contributed by atoms with Crippen LogP contribution in [-0.2, 0) is 21.6 Å². The fraction of sp³-hybridized carbons (Fsp3) is 0.222. The van der Waals surface area contributed by atoms with Gasteiger partial charge in [0.15, 0.2) is 11.1 Å². The summed E-state index contributed by atoms with van der Waals surface area (Å²) >= 11 is 0. The normalized spacial score (nSPS) is 12.4. The van der Waals surface area contributed by atoms with Gasteiger partial charge in [0, 0.05) is 6.42 Å². The third-order valence-corrected chi connectivity index (χ3v) is 2.53. The van der Waals surface area contributed by atoms with E-state index in [1.54, 1.807) is 5.43 Å². The van der Waals surface area contributed by atoms with Crippen molar-refractivity contribution in [2.45, 2.75) is 12.5 Å². The minimum atomic E-state index is -4.64. The highest BCUT2D eigenvalue weighted by Gasteiger charge is 2.22. The quantitative estimate of drug-likeness (QED) is 0.348. The lowest BCUT2D eigenvalue weighted by Crippen LogP contribution is -2.41. The highest BCUT2D eigenvalue weighted by molar-refractivity contribution is 7.81. The molecule has 0 saturated carbocycles. The smallest absolute Gasteiger partial charge is 0.446 e. The van der Waals surface area contributed by atoms with E-state index >= 15 is 0 Å². The Kier molecular flexibility index (Phi) is 4.83. The lowest BCUT2D eigenvalue weighted by Gasteiger charge is -2.09. The molecule has 11 heteroatoms. The maximum Gasteiger partial charge on any atom is 0.446 e. The Morgan fingerprint density at radius 2 is 1.95 bits per heavy atom. The van der Waals surface area contributed by atoms with Crippen LogP contribution < -0.4 is 9.61 Å². The SMILES string of the molecule is O=C(O)C(Cc1ccc(OS(=O)(=O)O)cc1)N[N+](=O)[O-]. The second kappa shape index (κ2) is 6.16. The van der Waals surface area contributed by atoms with Crippen LogP contribution in [0.4, 0.5) is 0 Å². The topological polar surface area (TPSA) is 156 Å². The van der Waals surface area contributed by atoms with Gasteiger partial charge in [-0.2, -0.15) is 8.42 Å². The fourth-order valence-corrected chi connectivity index (χ4v) is 1.71. The molecule has 0 bridgehead atoms. The average Bonchev–Trinajstić information content (AvgIpc) is 2.28. The van der Waals surface area contributed by atoms with E-state index in [9.17, 15) is 23.3 Å². The van der Waals surface area contributed by atoms with Crippen molar-refractivity contribution in [3.63, 3.8) is 0 Å². The molecule has 3 N–H and O–H groups in total. The molecule has 1 aromatic rings. The van der Waals surface area contributed by atoms with Crippen LogP contribution in [0.2, 0.25) is 0 Å². The van der Waals surface area contributed by atoms with Crippen LogP contribution in [0.25, 0.3) is 0 Å². The third-order valence-electron chi connectivity index (χ3n) is 2.12. The van der Waals surface area contributed by atoms with Gasteiger partial charge in [0.25, 0.3) is 0 Å². The van der Waals surface area contributed by atoms with E-state index in [4.69, 9.17) is 9.66 Å². The molecule has 0 aliphatic heterocycles. The van der Waals surface area contributed by atoms with Gasteiger partial charge in [-0.25, -0.2) is 14.9 Å². The van der Waals surface area contributed by atoms with Crippen LogP contribution in [0.1, 0.15) is 5.56 Å². The number of hydrazine groups is 1. The van der Waals surface area contributed by atoms with E-state index < -0.39 is 27.4 Å². The molecule has 0 amide bonds. The van der Waals surface area contributed by atoms with Crippen molar-refractivity contribution in [3.8, 4) is 5.75 Å². The molecule has 10 nitrogen and oxygen atoms in total. The number of carboxylic acid groups (broad SMARTS) is 1. The molecule has 0 aliphatic rings. The summed E-state index contributed by atoms with van der Waals surface area (Å²) in [6.07, 6.45) is -0.192. The number of nitro groups is 1. The Bertz CT molecular complexity index is 597. The lowest BCUT2D eigenvalue weighted by molar-refractivity contribution is -0.548. The monoisotopic (exact) mass is 306 g/mol. The fourth-order valence-electron chi connectivity index (χ4n) is 1.35. The zero-order chi connectivity index (χ0) is 15.3. The molecule has 110 valence electrons. The first-order valence-corrected chi connectivity index (χ1v) is 6.43. The van der Waals surface area contributed by atoms with Crippen LogP contribution >= 0.6 is 0 Å². The molecule has 0 radical (unpaired) electrons. The first-order valence-electron chi connectivity index (χ1n) is 5.06. The summed E-state index contributed by atoms with van der Waals surface area (Å²) in [4.78, 5) is 21.0. The first kappa shape index (κ1) is 15.7. The molecule has 1 unspecified atom stereocenters. The van der Waals surface area contributed by atoms with Gasteiger partial charge in [-0.15, -0.1) is 5.43 Å². The van der Waals surface area contributed by atoms with Crippen LogP contribution in [0.15, 0.2) is 24.3 Å². The van der Waals surface area contributed by atoms with Crippen LogP contribution in [0, 0.1) is 10.1 Å². The van der Waals surface area contributed by atoms with E-state index in [2.05, 4.69) is 4.18 Å². The molecule has 1 atom stereocenters. The van der Waals surface area contributed by atoms with E-state index in [1.165, 1.54) is 24.3 Å². The molecule has 0 fully saturated rings. The molecule has 0 aromatic heterocycles. The predicted molar refractivity (Wildman–Crippen MR) is 63.9 cm³/mol. The number of hydrogen-bond acceptors (Lipinski definition) is 6. The number of benzene rings is 1. The maximum atomic E-state index is 10.8. The van der Waals surface area contributed by atoms with Gasteiger partial charge >= 0.3 is 16.4 Å². The van der Waals surface area contributed by atoms with Crippen LogP contribution in [0.5, 0.6) is 5.75 Å². The van der Waals surface area contributed by atoms with Crippen LogP contribution in [-0.4, -0.2) is 35.1 Å². The van der Waals surface area contributed by atoms with Gasteiger partial charge in [0.05, 0.1) is 0 Å². The molecule has 20 heavy (non-hydrogen) atoms. The summed E-state index contributed by atoms with van der Waals surface area (Å²) in [5.41, 5.74) is 2.03. The number of hydrogen-bond donors (Lipinski definition) is 3. The Morgan fingerprint density at radius 1 is 1.40 bits per heavy atom. The highest BCUT2D eigenvalue weighted by Crippen LogP contribution is 2.15. The van der Waals surface area contributed by atoms with Gasteiger partial charge in [-0.05, 0) is 17.7 Å². The van der Waals surface area contributed by atoms with Crippen molar-refractivity contribution in [2.75, 3.05) is 0 Å². The molecule has 1 aromatic carbocycles. The van der Waals surface area contributed by atoms with Crippen molar-refractivity contribution in [1.82, 2.24) is 5.43 Å². The summed E-state index contributed by atoms with van der Waals surface area (Å²) < 4.78 is 33.5. The van der Waals surface area contributed by atoms with Crippen molar-refractivity contribution >= 4 is 16.4 Å². The van der Waals surface area contributed by atoms with Crippen molar-refractivity contribution < 1.29 is 32.1 Å². The Morgan fingerprint density at radius 3 is 2.35 bits per heavy atom. The Labute approximate surface area is 113 Å². The minimum Gasteiger partial charge on any atom is -0.480 e. The molecule has 0 heterocycles. The van der Waals surface area contributed by atoms with E-state index in [0.717, 1.165) is 0 Å². The standard InChI is InChI=1S/C9H10N2O8S/c12-9(13)8(10-11(14)15)5-6-1-3-7(4-2-6)19-20(16,17)18/h1-4,8,10H,5H2,(H,12,13)(H,16,17,18). The summed E-state index contributed by atoms with van der Waals surface area (Å²) in [5.74, 6) is -1.58. The predicted octanol–water partition coefficient (Wildman–Crippen LogP) is -0.355. The average molecular weight is 306 g/mol. The number of nitrogens with zero attached hydrogens (tertiary/aromatic N) is 1. The molecule has 0 aliphatic carbocycles. The Hall–Kier alpha value is -2.40. The number of rotatable bonds is 7. The van der Waals surface area contributed by atoms with E-state index in [1.807, 2.05) is 0 Å². The van der Waals surface area contributed by atoms with Crippen molar-refractivity contribution in [3.05, 3.63) is 39.9 Å². The number of aliphatic carboxylic acids is 1. The highest BCUT2D eigenvalue weighted by atomic mass is 32.3. The minimum absolute atomic E-state index is 0.176. The molecular weight excluding hydrogens is 296 g/mol. The summed E-state index contributed by atoms with van der Waals surface area (Å²) in [5, 5.41) is 18.1. The van der Waals surface area contributed by atoms with Gasteiger partial charge in [0.1, 0.15) is 5.75 Å². The van der Waals surface area contributed by atoms with Gasteiger partial charge in [0.2, 0.25) is 0 Å². The molecule has 0 spiro atoms. The van der Waals surface area contributed by atoms with Crippen LogP contribution in [0.3, 0.4) is 0 Å². The van der Waals surface area contributed by atoms with E-state index in [-0.39, 0.29) is 12.2 Å². The summed E-state index contributed by atoms with van der Waals surface area (Å²) in [6.45, 7) is 0. The molecular formula is C9H10N2O8S. The Balaban J connectivity index is 2.77. The number of carbonyl (C=O) groups is 1. The molecule has 0 saturated heterocycles.